The zero-order chi connectivity index (χ0) is 16.2. The highest BCUT2D eigenvalue weighted by Crippen LogP contribution is 2.24. The summed E-state index contributed by atoms with van der Waals surface area (Å²) < 4.78 is 5.15. The van der Waals surface area contributed by atoms with Crippen molar-refractivity contribution in [1.82, 2.24) is 9.80 Å². The summed E-state index contributed by atoms with van der Waals surface area (Å²) in [5.41, 5.74) is 1.06. The van der Waals surface area contributed by atoms with Crippen LogP contribution in [-0.4, -0.2) is 48.4 Å². The third-order valence-corrected chi connectivity index (χ3v) is 4.76. The fourth-order valence-electron chi connectivity index (χ4n) is 3.41. The second kappa shape index (κ2) is 7.02. The summed E-state index contributed by atoms with van der Waals surface area (Å²) in [4.78, 5) is 28.5. The van der Waals surface area contributed by atoms with Gasteiger partial charge in [0.1, 0.15) is 5.75 Å². The largest absolute Gasteiger partial charge is 0.497 e. The minimum absolute atomic E-state index is 0.0798. The number of methoxy groups -OCH3 is 1. The summed E-state index contributed by atoms with van der Waals surface area (Å²) in [6, 6.07) is 7.72. The lowest BCUT2D eigenvalue weighted by Crippen LogP contribution is -2.40. The van der Waals surface area contributed by atoms with Gasteiger partial charge in [0.25, 0.3) is 0 Å². The van der Waals surface area contributed by atoms with Crippen LogP contribution in [0.2, 0.25) is 0 Å². The molecule has 124 valence electrons. The van der Waals surface area contributed by atoms with Crippen molar-refractivity contribution in [1.29, 1.82) is 0 Å². The van der Waals surface area contributed by atoms with Gasteiger partial charge in [-0.2, -0.15) is 0 Å². The Kier molecular flexibility index (Phi) is 4.84. The van der Waals surface area contributed by atoms with Gasteiger partial charge in [0.05, 0.1) is 13.0 Å². The molecule has 2 fully saturated rings. The van der Waals surface area contributed by atoms with Crippen LogP contribution in [0.1, 0.15) is 31.2 Å². The lowest BCUT2D eigenvalue weighted by Gasteiger charge is -2.29. The molecule has 3 rings (SSSR count). The van der Waals surface area contributed by atoms with Crippen molar-refractivity contribution < 1.29 is 14.3 Å². The number of nitrogens with zero attached hydrogens (tertiary/aromatic N) is 2. The molecule has 2 heterocycles. The Balaban J connectivity index is 1.59. The van der Waals surface area contributed by atoms with Gasteiger partial charge in [-0.15, -0.1) is 0 Å². The molecule has 2 aliphatic heterocycles. The molecule has 0 aliphatic carbocycles. The first-order valence-corrected chi connectivity index (χ1v) is 8.37. The Labute approximate surface area is 137 Å². The van der Waals surface area contributed by atoms with Crippen molar-refractivity contribution in [2.45, 2.75) is 32.2 Å². The van der Waals surface area contributed by atoms with E-state index in [9.17, 15) is 9.59 Å². The summed E-state index contributed by atoms with van der Waals surface area (Å²) in [5.74, 6) is 0.880. The first-order valence-electron chi connectivity index (χ1n) is 8.37. The minimum Gasteiger partial charge on any atom is -0.497 e. The molecule has 0 saturated carbocycles. The van der Waals surface area contributed by atoms with Crippen molar-refractivity contribution in [3.63, 3.8) is 0 Å². The normalized spacial score (nSPS) is 21.6. The summed E-state index contributed by atoms with van der Waals surface area (Å²) in [6.07, 6.45) is 3.73. The van der Waals surface area contributed by atoms with Gasteiger partial charge in [0.15, 0.2) is 0 Å². The molecule has 0 spiro atoms. The molecule has 0 unspecified atom stereocenters. The molecule has 1 atom stereocenters. The van der Waals surface area contributed by atoms with Crippen molar-refractivity contribution in [3.8, 4) is 5.75 Å². The standard InChI is InChI=1S/C18H24N2O3/c1-23-16-7-5-14(6-8-16)12-20-13-15(11-17(20)21)18(22)19-9-3-2-4-10-19/h5-8,15H,2-4,9-13H2,1H3/t15-/m0/s1. The topological polar surface area (TPSA) is 49.9 Å². The second-order valence-electron chi connectivity index (χ2n) is 6.41. The van der Waals surface area contributed by atoms with E-state index in [0.29, 0.717) is 19.5 Å². The van der Waals surface area contributed by atoms with Crippen LogP contribution in [0.3, 0.4) is 0 Å². The van der Waals surface area contributed by atoms with Gasteiger partial charge in [-0.05, 0) is 37.0 Å². The van der Waals surface area contributed by atoms with Crippen LogP contribution in [0.25, 0.3) is 0 Å². The van der Waals surface area contributed by atoms with Crippen molar-refractivity contribution in [2.75, 3.05) is 26.7 Å². The highest BCUT2D eigenvalue weighted by Gasteiger charge is 2.36. The van der Waals surface area contributed by atoms with Crippen molar-refractivity contribution in [3.05, 3.63) is 29.8 Å². The van der Waals surface area contributed by atoms with Gasteiger partial charge in [0.2, 0.25) is 11.8 Å². The third kappa shape index (κ3) is 3.66. The minimum atomic E-state index is -0.168. The van der Waals surface area contributed by atoms with E-state index in [1.165, 1.54) is 6.42 Å². The molecular formula is C18H24N2O3. The SMILES string of the molecule is COc1ccc(CN2C[C@@H](C(=O)N3CCCCC3)CC2=O)cc1. The zero-order valence-electron chi connectivity index (χ0n) is 13.7. The first-order chi connectivity index (χ1) is 11.2. The van der Waals surface area contributed by atoms with Gasteiger partial charge in [-0.1, -0.05) is 12.1 Å². The highest BCUT2D eigenvalue weighted by molar-refractivity contribution is 5.89. The molecule has 0 bridgehead atoms. The monoisotopic (exact) mass is 316 g/mol. The number of benzene rings is 1. The summed E-state index contributed by atoms with van der Waals surface area (Å²) in [7, 11) is 1.63. The van der Waals surface area contributed by atoms with Crippen LogP contribution in [0.15, 0.2) is 24.3 Å². The summed E-state index contributed by atoms with van der Waals surface area (Å²) in [6.45, 7) is 2.80. The molecular weight excluding hydrogens is 292 g/mol. The predicted molar refractivity (Wildman–Crippen MR) is 86.9 cm³/mol. The predicted octanol–water partition coefficient (Wildman–Crippen LogP) is 2.06. The molecule has 2 aliphatic rings. The van der Waals surface area contributed by atoms with Crippen molar-refractivity contribution in [2.24, 2.45) is 5.92 Å². The average molecular weight is 316 g/mol. The molecule has 2 saturated heterocycles. The van der Waals surface area contributed by atoms with Gasteiger partial charge < -0.3 is 14.5 Å². The average Bonchev–Trinajstić information content (AvgIpc) is 2.96. The third-order valence-electron chi connectivity index (χ3n) is 4.76. The van der Waals surface area contributed by atoms with Crippen LogP contribution >= 0.6 is 0 Å². The maximum Gasteiger partial charge on any atom is 0.227 e. The Bertz CT molecular complexity index is 564. The van der Waals surface area contributed by atoms with E-state index < -0.39 is 0 Å². The summed E-state index contributed by atoms with van der Waals surface area (Å²) >= 11 is 0. The number of piperidine rings is 1. The first kappa shape index (κ1) is 15.8. The molecule has 0 aromatic heterocycles. The molecule has 5 nitrogen and oxygen atoms in total. The summed E-state index contributed by atoms with van der Waals surface area (Å²) in [5, 5.41) is 0. The van der Waals surface area contributed by atoms with Gasteiger partial charge >= 0.3 is 0 Å². The number of carbonyl (C=O) groups is 2. The van der Waals surface area contributed by atoms with E-state index in [0.717, 1.165) is 37.2 Å². The van der Waals surface area contributed by atoms with Gasteiger partial charge in [-0.3, -0.25) is 9.59 Å². The fraction of sp³-hybridized carbons (Fsp3) is 0.556. The van der Waals surface area contributed by atoms with E-state index in [2.05, 4.69) is 0 Å². The van der Waals surface area contributed by atoms with E-state index in [-0.39, 0.29) is 17.7 Å². The Morgan fingerprint density at radius 3 is 2.52 bits per heavy atom. The number of rotatable bonds is 4. The molecule has 23 heavy (non-hydrogen) atoms. The number of likely N-dealkylation sites (tertiary alicyclic amines) is 2. The van der Waals surface area contributed by atoms with Gasteiger partial charge in [-0.25, -0.2) is 0 Å². The molecule has 0 N–H and O–H groups in total. The quantitative estimate of drug-likeness (QED) is 0.854. The zero-order valence-corrected chi connectivity index (χ0v) is 13.7. The number of carbonyl (C=O) groups excluding carboxylic acids is 2. The molecule has 0 radical (unpaired) electrons. The maximum absolute atomic E-state index is 12.6. The Hall–Kier alpha value is -2.04. The number of amides is 2. The number of hydrogen-bond acceptors (Lipinski definition) is 3. The van der Waals surface area contributed by atoms with Crippen LogP contribution < -0.4 is 4.74 Å². The second-order valence-corrected chi connectivity index (χ2v) is 6.41. The van der Waals surface area contributed by atoms with Crippen LogP contribution in [0, 0.1) is 5.92 Å². The fourth-order valence-corrected chi connectivity index (χ4v) is 3.41. The van der Waals surface area contributed by atoms with Crippen LogP contribution in [0.5, 0.6) is 5.75 Å². The van der Waals surface area contributed by atoms with Crippen LogP contribution in [-0.2, 0) is 16.1 Å². The van der Waals surface area contributed by atoms with Crippen LogP contribution in [0.4, 0.5) is 0 Å². The molecule has 1 aromatic carbocycles. The lowest BCUT2D eigenvalue weighted by atomic mass is 10.0. The Morgan fingerprint density at radius 2 is 1.87 bits per heavy atom. The molecule has 5 heteroatoms. The lowest BCUT2D eigenvalue weighted by molar-refractivity contribution is -0.136. The molecule has 1 aromatic rings. The Morgan fingerprint density at radius 1 is 1.17 bits per heavy atom. The van der Waals surface area contributed by atoms with E-state index in [4.69, 9.17) is 4.74 Å². The highest BCUT2D eigenvalue weighted by atomic mass is 16.5. The number of ether oxygens (including phenoxy) is 1. The van der Waals surface area contributed by atoms with E-state index in [1.54, 1.807) is 12.0 Å². The van der Waals surface area contributed by atoms with Gasteiger partial charge in [0, 0.05) is 32.6 Å². The number of hydrogen-bond donors (Lipinski definition) is 0. The van der Waals surface area contributed by atoms with Crippen molar-refractivity contribution >= 4 is 11.8 Å². The smallest absolute Gasteiger partial charge is 0.227 e. The molecule has 2 amide bonds. The maximum atomic E-state index is 12.6. The van der Waals surface area contributed by atoms with E-state index >= 15 is 0 Å². The van der Waals surface area contributed by atoms with E-state index in [1.807, 2.05) is 29.2 Å².